The first kappa shape index (κ1) is 19.3. The van der Waals surface area contributed by atoms with Gasteiger partial charge in [-0.25, -0.2) is 9.78 Å². The van der Waals surface area contributed by atoms with Crippen molar-refractivity contribution in [3.05, 3.63) is 52.3 Å². The van der Waals surface area contributed by atoms with Gasteiger partial charge in [0.05, 0.1) is 16.8 Å². The largest absolute Gasteiger partial charge is 0.456 e. The number of thiazole rings is 1. The molecule has 0 aliphatic rings. The van der Waals surface area contributed by atoms with Crippen LogP contribution in [0.15, 0.2) is 30.3 Å². The van der Waals surface area contributed by atoms with E-state index >= 15 is 0 Å². The highest BCUT2D eigenvalue weighted by Gasteiger charge is 2.17. The van der Waals surface area contributed by atoms with Crippen LogP contribution in [0.5, 0.6) is 0 Å². The lowest BCUT2D eigenvalue weighted by atomic mass is 10.1. The van der Waals surface area contributed by atoms with E-state index in [2.05, 4.69) is 9.55 Å². The minimum absolute atomic E-state index is 0.206. The van der Waals surface area contributed by atoms with Crippen molar-refractivity contribution in [3.8, 4) is 0 Å². The van der Waals surface area contributed by atoms with Gasteiger partial charge >= 0.3 is 5.97 Å². The number of rotatable bonds is 8. The number of esters is 1. The molecule has 0 fully saturated rings. The first-order valence-electron chi connectivity index (χ1n) is 8.77. The van der Waals surface area contributed by atoms with E-state index in [-0.39, 0.29) is 25.6 Å². The third kappa shape index (κ3) is 4.43. The first-order valence-corrected chi connectivity index (χ1v) is 9.59. The molecule has 0 N–H and O–H groups in total. The predicted molar refractivity (Wildman–Crippen MR) is 104 cm³/mol. The van der Waals surface area contributed by atoms with Gasteiger partial charge in [0.15, 0.2) is 6.61 Å². The molecule has 6 nitrogen and oxygen atoms in total. The van der Waals surface area contributed by atoms with Crippen LogP contribution >= 0.6 is 11.3 Å². The molecule has 3 rings (SSSR count). The Morgan fingerprint density at radius 2 is 1.96 bits per heavy atom. The first-order chi connectivity index (χ1) is 13.0. The Hall–Kier alpha value is -2.51. The zero-order valence-corrected chi connectivity index (χ0v) is 16.5. The quantitative estimate of drug-likeness (QED) is 0.436. The number of carbonyl (C=O) groups excluding carboxylic acids is 2. The summed E-state index contributed by atoms with van der Waals surface area (Å²) in [5.41, 5.74) is 3.42. The molecule has 0 saturated heterocycles. The van der Waals surface area contributed by atoms with E-state index in [9.17, 15) is 9.59 Å². The molecule has 3 aromatic rings. The third-order valence-corrected chi connectivity index (χ3v) is 5.35. The van der Waals surface area contributed by atoms with Gasteiger partial charge in [-0.15, -0.1) is 11.3 Å². The Balaban J connectivity index is 1.46. The van der Waals surface area contributed by atoms with Crippen LogP contribution in [-0.4, -0.2) is 34.5 Å². The second-order valence-electron chi connectivity index (χ2n) is 6.18. The number of aromatic nitrogens is 2. The van der Waals surface area contributed by atoms with Gasteiger partial charge in [0.1, 0.15) is 11.6 Å². The third-order valence-electron chi connectivity index (χ3n) is 4.34. The van der Waals surface area contributed by atoms with E-state index in [1.165, 1.54) is 11.3 Å². The molecule has 0 atom stereocenters. The normalized spacial score (nSPS) is 11.1. The highest BCUT2D eigenvalue weighted by Crippen LogP contribution is 2.22. The summed E-state index contributed by atoms with van der Waals surface area (Å²) < 4.78 is 13.6. The van der Waals surface area contributed by atoms with Crippen LogP contribution in [0.4, 0.5) is 0 Å². The van der Waals surface area contributed by atoms with E-state index in [0.717, 1.165) is 33.2 Å². The molecule has 0 aliphatic carbocycles. The van der Waals surface area contributed by atoms with Gasteiger partial charge in [-0.1, -0.05) is 12.1 Å². The number of hydrogen-bond donors (Lipinski definition) is 0. The van der Waals surface area contributed by atoms with E-state index in [1.807, 2.05) is 51.1 Å². The number of Topliss-reactive ketones (excluding diaryl/α,β-unsaturated/α-hetero) is 1. The van der Waals surface area contributed by atoms with Crippen LogP contribution in [0.1, 0.15) is 33.7 Å². The summed E-state index contributed by atoms with van der Waals surface area (Å²) in [6, 6.07) is 9.64. The standard InChI is InChI=1S/C20H22N2O4S/c1-4-22-13(2)9-15(14(22)3)17(23)10-26-20(24)12-25-11-19-21-16-7-5-6-8-18(16)27-19/h5-9H,4,10-12H2,1-3H3. The zero-order chi connectivity index (χ0) is 19.4. The monoisotopic (exact) mass is 386 g/mol. The second-order valence-corrected chi connectivity index (χ2v) is 7.30. The van der Waals surface area contributed by atoms with Gasteiger partial charge in [-0.2, -0.15) is 0 Å². The highest BCUT2D eigenvalue weighted by atomic mass is 32.1. The maximum atomic E-state index is 12.3. The number of ether oxygens (including phenoxy) is 2. The molecule has 142 valence electrons. The molecule has 27 heavy (non-hydrogen) atoms. The fourth-order valence-corrected chi connectivity index (χ4v) is 3.94. The van der Waals surface area contributed by atoms with Crippen LogP contribution in [0.3, 0.4) is 0 Å². The van der Waals surface area contributed by atoms with E-state index < -0.39 is 5.97 Å². The molecular formula is C20H22N2O4S. The summed E-state index contributed by atoms with van der Waals surface area (Å²) in [5, 5.41) is 0.798. The zero-order valence-electron chi connectivity index (χ0n) is 15.7. The van der Waals surface area contributed by atoms with Gasteiger partial charge in [-0.3, -0.25) is 4.79 Å². The van der Waals surface area contributed by atoms with E-state index in [1.54, 1.807) is 0 Å². The summed E-state index contributed by atoms with van der Waals surface area (Å²) in [6.45, 7) is 6.41. The average Bonchev–Trinajstić information content (AvgIpc) is 3.19. The summed E-state index contributed by atoms with van der Waals surface area (Å²) in [6.07, 6.45) is 0. The number of carbonyl (C=O) groups is 2. The van der Waals surface area contributed by atoms with Crippen LogP contribution < -0.4 is 0 Å². The van der Waals surface area contributed by atoms with Gasteiger partial charge < -0.3 is 14.0 Å². The minimum atomic E-state index is -0.561. The molecule has 0 radical (unpaired) electrons. The summed E-state index contributed by atoms with van der Waals surface area (Å²) in [7, 11) is 0. The molecule has 2 heterocycles. The van der Waals surface area contributed by atoms with Crippen molar-refractivity contribution in [2.45, 2.75) is 33.9 Å². The molecule has 0 aliphatic heterocycles. The van der Waals surface area contributed by atoms with Crippen molar-refractivity contribution in [2.24, 2.45) is 0 Å². The number of fused-ring (bicyclic) bond motifs is 1. The number of benzene rings is 1. The van der Waals surface area contributed by atoms with Crippen LogP contribution in [-0.2, 0) is 27.4 Å². The number of ketones is 1. The van der Waals surface area contributed by atoms with Crippen molar-refractivity contribution in [1.82, 2.24) is 9.55 Å². The van der Waals surface area contributed by atoms with Crippen molar-refractivity contribution >= 4 is 33.3 Å². The van der Waals surface area contributed by atoms with Crippen molar-refractivity contribution < 1.29 is 19.1 Å². The van der Waals surface area contributed by atoms with Gasteiger partial charge in [0.25, 0.3) is 0 Å². The lowest BCUT2D eigenvalue weighted by Crippen LogP contribution is -2.18. The molecule has 0 saturated carbocycles. The van der Waals surface area contributed by atoms with Gasteiger partial charge in [0.2, 0.25) is 5.78 Å². The van der Waals surface area contributed by atoms with Crippen LogP contribution in [0, 0.1) is 13.8 Å². The molecule has 0 spiro atoms. The topological polar surface area (TPSA) is 70.4 Å². The van der Waals surface area contributed by atoms with Crippen LogP contribution in [0.2, 0.25) is 0 Å². The predicted octanol–water partition coefficient (Wildman–Crippen LogP) is 3.68. The Morgan fingerprint density at radius 3 is 2.67 bits per heavy atom. The molecule has 1 aromatic carbocycles. The highest BCUT2D eigenvalue weighted by molar-refractivity contribution is 7.18. The Bertz CT molecular complexity index is 941. The lowest BCUT2D eigenvalue weighted by Gasteiger charge is -2.06. The van der Waals surface area contributed by atoms with Gasteiger partial charge in [0, 0.05) is 23.5 Å². The molecule has 0 unspecified atom stereocenters. The smallest absolute Gasteiger partial charge is 0.332 e. The fourth-order valence-electron chi connectivity index (χ4n) is 3.04. The van der Waals surface area contributed by atoms with Crippen molar-refractivity contribution in [2.75, 3.05) is 13.2 Å². The Labute approximate surface area is 161 Å². The molecule has 0 bridgehead atoms. The maximum absolute atomic E-state index is 12.3. The number of aryl methyl sites for hydroxylation is 1. The SMILES string of the molecule is CCn1c(C)cc(C(=O)COC(=O)COCc2nc3ccccc3s2)c1C. The summed E-state index contributed by atoms with van der Waals surface area (Å²) in [4.78, 5) is 28.6. The minimum Gasteiger partial charge on any atom is -0.456 e. The maximum Gasteiger partial charge on any atom is 0.332 e. The fraction of sp³-hybridized carbons (Fsp3) is 0.350. The number of nitrogens with zero attached hydrogens (tertiary/aromatic N) is 2. The Morgan fingerprint density at radius 1 is 1.19 bits per heavy atom. The van der Waals surface area contributed by atoms with Crippen molar-refractivity contribution in [1.29, 1.82) is 0 Å². The molecule has 0 amide bonds. The number of para-hydroxylation sites is 1. The van der Waals surface area contributed by atoms with Crippen molar-refractivity contribution in [3.63, 3.8) is 0 Å². The molecule has 2 aromatic heterocycles. The average molecular weight is 386 g/mol. The summed E-state index contributed by atoms with van der Waals surface area (Å²) >= 11 is 1.53. The summed E-state index contributed by atoms with van der Waals surface area (Å²) in [5.74, 6) is -0.768. The molecular weight excluding hydrogens is 364 g/mol. The number of hydrogen-bond acceptors (Lipinski definition) is 6. The van der Waals surface area contributed by atoms with Gasteiger partial charge in [-0.05, 0) is 39.0 Å². The Kier molecular flexibility index (Phi) is 6.03. The second kappa shape index (κ2) is 8.45. The molecule has 7 heteroatoms. The van der Waals surface area contributed by atoms with E-state index in [4.69, 9.17) is 9.47 Å². The lowest BCUT2D eigenvalue weighted by molar-refractivity contribution is -0.148. The van der Waals surface area contributed by atoms with E-state index in [0.29, 0.717) is 5.56 Å². The van der Waals surface area contributed by atoms with Crippen LogP contribution in [0.25, 0.3) is 10.2 Å².